The molecule has 0 aliphatic heterocycles. The fourth-order valence-electron chi connectivity index (χ4n) is 0.0583. The van der Waals surface area contributed by atoms with Crippen LogP contribution in [0.15, 0.2) is 24.3 Å². The fraction of sp³-hybridized carbons (Fsp3) is 0.333. The lowest BCUT2D eigenvalue weighted by Gasteiger charge is -1.69. The van der Waals surface area contributed by atoms with Crippen molar-refractivity contribution in [3.63, 3.8) is 0 Å². The summed E-state index contributed by atoms with van der Waals surface area (Å²) >= 11 is 4.84. The average Bonchev–Trinajstić information content (AvgIpc) is 1.89. The molecule has 0 aromatic carbocycles. The van der Waals surface area contributed by atoms with E-state index in [1.165, 1.54) is 6.92 Å². The molecule has 0 amide bonds. The fourth-order valence-corrected chi connectivity index (χ4v) is 0.175. The first-order chi connectivity index (χ1) is 5.04. The Morgan fingerprint density at radius 3 is 1.55 bits per heavy atom. The van der Waals surface area contributed by atoms with Gasteiger partial charge in [-0.25, -0.2) is 0 Å². The molecule has 0 atom stereocenters. The van der Waals surface area contributed by atoms with Gasteiger partial charge in [0.05, 0.1) is 0 Å². The average molecular weight is 191 g/mol. The van der Waals surface area contributed by atoms with Gasteiger partial charge < -0.3 is 0 Å². The highest BCUT2D eigenvalue weighted by Gasteiger charge is 1.80. The Kier molecular flexibility index (Phi) is 11.3. The van der Waals surface area contributed by atoms with Crippen molar-refractivity contribution in [1.82, 2.24) is 0 Å². The molecule has 0 radical (unpaired) electrons. The van der Waals surface area contributed by atoms with Crippen LogP contribution in [0.4, 0.5) is 17.6 Å². The second kappa shape index (κ2) is 9.49. The summed E-state index contributed by atoms with van der Waals surface area (Å²) < 4.78 is 42.9. The van der Waals surface area contributed by atoms with E-state index in [4.69, 9.17) is 11.6 Å². The molecule has 0 nitrogen and oxygen atoms in total. The van der Waals surface area contributed by atoms with Crippen LogP contribution in [0.25, 0.3) is 0 Å². The Labute approximate surface area is 67.2 Å². The molecule has 11 heavy (non-hydrogen) atoms. The molecular weight excluding hydrogens is 184 g/mol. The number of halogens is 5. The number of rotatable bonds is 1. The molecule has 0 rings (SSSR count). The molecule has 5 heteroatoms. The van der Waals surface area contributed by atoms with Crippen molar-refractivity contribution in [3.05, 3.63) is 24.3 Å². The van der Waals surface area contributed by atoms with E-state index in [9.17, 15) is 17.6 Å². The van der Waals surface area contributed by atoms with E-state index in [1.54, 1.807) is 0 Å². The largest absolute Gasteiger partial charge is 0.267 e. The zero-order chi connectivity index (χ0) is 9.28. The van der Waals surface area contributed by atoms with E-state index in [-0.39, 0.29) is 5.88 Å². The summed E-state index contributed by atoms with van der Waals surface area (Å²) in [5, 5.41) is 0. The van der Waals surface area contributed by atoms with Gasteiger partial charge in [0, 0.05) is 5.88 Å². The topological polar surface area (TPSA) is 0 Å². The maximum Gasteiger partial charge on any atom is 0.267 e. The molecule has 66 valence electrons. The van der Waals surface area contributed by atoms with Crippen LogP contribution in [-0.4, -0.2) is 5.88 Å². The lowest BCUT2D eigenvalue weighted by atomic mass is 10.7. The van der Waals surface area contributed by atoms with Crippen LogP contribution < -0.4 is 0 Å². The molecule has 0 spiro atoms. The third kappa shape index (κ3) is 26.4. The third-order valence-corrected chi connectivity index (χ3v) is 0.604. The summed E-state index contributed by atoms with van der Waals surface area (Å²) in [5.74, 6) is -0.109. The van der Waals surface area contributed by atoms with Gasteiger partial charge in [-0.05, 0) is 19.1 Å². The summed E-state index contributed by atoms with van der Waals surface area (Å²) in [7, 11) is 0. The van der Waals surface area contributed by atoms with Gasteiger partial charge in [-0.2, -0.15) is 17.6 Å². The molecule has 0 saturated heterocycles. The van der Waals surface area contributed by atoms with Crippen molar-refractivity contribution in [2.75, 3.05) is 5.88 Å². The first-order valence-electron chi connectivity index (χ1n) is 2.59. The quantitative estimate of drug-likeness (QED) is 0.436. The van der Waals surface area contributed by atoms with Gasteiger partial charge in [-0.15, -0.1) is 11.6 Å². The van der Waals surface area contributed by atoms with Crippen LogP contribution in [0.5, 0.6) is 0 Å². The first kappa shape index (κ1) is 13.1. The highest BCUT2D eigenvalue weighted by atomic mass is 35.5. The molecule has 0 heterocycles. The smallest absolute Gasteiger partial charge is 0.174 e. The minimum atomic E-state index is -1.72. The van der Waals surface area contributed by atoms with Crippen LogP contribution >= 0.6 is 11.6 Å². The van der Waals surface area contributed by atoms with Gasteiger partial charge in [-0.1, -0.05) is 0 Å². The summed E-state index contributed by atoms with van der Waals surface area (Å²) in [6, 6.07) is 0. The molecule has 0 aromatic rings. The lowest BCUT2D eigenvalue weighted by molar-refractivity contribution is 0.419. The van der Waals surface area contributed by atoms with Crippen LogP contribution in [0.3, 0.4) is 0 Å². The Hall–Kier alpha value is -0.510. The number of hydrogen-bond acceptors (Lipinski definition) is 0. The predicted molar refractivity (Wildman–Crippen MR) is 37.0 cm³/mol. The molecule has 0 aliphatic carbocycles. The van der Waals surface area contributed by atoms with Crippen LogP contribution in [-0.2, 0) is 0 Å². The normalized spacial score (nSPS) is 7.45. The Morgan fingerprint density at radius 2 is 1.55 bits per heavy atom. The standard InChI is InChI=1S/C3H3ClF2.C3H4F2/c4-2-1-3(5)6;1-2-3(4)5/h1H,2H2;2H,1H3. The summed E-state index contributed by atoms with van der Waals surface area (Å²) in [6.45, 7) is 1.29. The van der Waals surface area contributed by atoms with Gasteiger partial charge in [0.1, 0.15) is 0 Å². The van der Waals surface area contributed by atoms with Crippen molar-refractivity contribution in [2.24, 2.45) is 0 Å². The Balaban J connectivity index is 0. The van der Waals surface area contributed by atoms with E-state index >= 15 is 0 Å². The maximum atomic E-state index is 10.8. The molecular formula is C6H7ClF4. The molecule has 0 N–H and O–H groups in total. The predicted octanol–water partition coefficient (Wildman–Crippen LogP) is 3.79. The SMILES string of the molecule is CC=C(F)F.FC(F)=CCCl. The number of hydrogen-bond donors (Lipinski definition) is 0. The molecule has 0 aromatic heterocycles. The Morgan fingerprint density at radius 1 is 1.18 bits per heavy atom. The van der Waals surface area contributed by atoms with E-state index in [1.807, 2.05) is 0 Å². The third-order valence-electron chi connectivity index (χ3n) is 0.450. The van der Waals surface area contributed by atoms with Crippen molar-refractivity contribution >= 4 is 11.6 Å². The minimum Gasteiger partial charge on any atom is -0.174 e. The van der Waals surface area contributed by atoms with E-state index in [0.717, 1.165) is 6.08 Å². The highest BCUT2D eigenvalue weighted by molar-refractivity contribution is 6.18. The lowest BCUT2D eigenvalue weighted by Crippen LogP contribution is -1.58. The van der Waals surface area contributed by atoms with Gasteiger partial charge in [0.25, 0.3) is 12.2 Å². The minimum absolute atomic E-state index is 0.109. The van der Waals surface area contributed by atoms with Gasteiger partial charge in [-0.3, -0.25) is 0 Å². The molecule has 0 bridgehead atoms. The summed E-state index contributed by atoms with van der Waals surface area (Å²) in [4.78, 5) is 0. The molecule has 0 fully saturated rings. The highest BCUT2D eigenvalue weighted by Crippen LogP contribution is 1.95. The van der Waals surface area contributed by atoms with Crippen molar-refractivity contribution in [1.29, 1.82) is 0 Å². The van der Waals surface area contributed by atoms with Crippen LogP contribution in [0, 0.1) is 0 Å². The van der Waals surface area contributed by atoms with E-state index in [0.29, 0.717) is 6.08 Å². The van der Waals surface area contributed by atoms with Crippen LogP contribution in [0.1, 0.15) is 6.92 Å². The number of alkyl halides is 1. The van der Waals surface area contributed by atoms with Crippen LogP contribution in [0.2, 0.25) is 0 Å². The zero-order valence-corrected chi connectivity index (χ0v) is 6.51. The van der Waals surface area contributed by atoms with Gasteiger partial charge in [0.15, 0.2) is 0 Å². The Bertz CT molecular complexity index is 134. The summed E-state index contributed by atoms with van der Waals surface area (Å²) in [6.07, 6.45) is -1.95. The number of allylic oxidation sites excluding steroid dienone is 2. The van der Waals surface area contributed by atoms with E-state index < -0.39 is 12.2 Å². The summed E-state index contributed by atoms with van der Waals surface area (Å²) in [5.41, 5.74) is 0. The second-order valence-corrected chi connectivity index (χ2v) is 1.54. The van der Waals surface area contributed by atoms with Crippen molar-refractivity contribution < 1.29 is 17.6 Å². The van der Waals surface area contributed by atoms with Crippen molar-refractivity contribution in [2.45, 2.75) is 6.92 Å². The van der Waals surface area contributed by atoms with Gasteiger partial charge >= 0.3 is 0 Å². The maximum absolute atomic E-state index is 10.8. The zero-order valence-electron chi connectivity index (χ0n) is 5.75. The first-order valence-corrected chi connectivity index (χ1v) is 3.12. The van der Waals surface area contributed by atoms with Gasteiger partial charge in [0.2, 0.25) is 0 Å². The van der Waals surface area contributed by atoms with E-state index in [2.05, 4.69) is 0 Å². The molecule has 0 saturated carbocycles. The second-order valence-electron chi connectivity index (χ2n) is 1.23. The monoisotopic (exact) mass is 190 g/mol. The molecule has 0 aliphatic rings. The van der Waals surface area contributed by atoms with Crippen molar-refractivity contribution in [3.8, 4) is 0 Å². The molecule has 0 unspecified atom stereocenters.